The van der Waals surface area contributed by atoms with Crippen LogP contribution in [0.25, 0.3) is 0 Å². The van der Waals surface area contributed by atoms with Crippen molar-refractivity contribution in [3.63, 3.8) is 0 Å². The normalized spacial score (nSPS) is 16.7. The fourth-order valence-electron chi connectivity index (χ4n) is 0.899. The first-order chi connectivity index (χ1) is 7.55. The standard InChI is InChI=1S/C8H18O7S2/c1-7(16(9,10)11)3-5-15-6-4-8(2)17(12,13)14/h7-8H,3-6H2,1-2H3,(H,9,10,11)(H,12,13,14). The predicted molar refractivity (Wildman–Crippen MR) is 62.1 cm³/mol. The molecule has 0 spiro atoms. The zero-order valence-corrected chi connectivity index (χ0v) is 11.4. The summed E-state index contributed by atoms with van der Waals surface area (Å²) in [6.45, 7) is 2.89. The van der Waals surface area contributed by atoms with Gasteiger partial charge in [0.05, 0.1) is 10.5 Å². The number of rotatable bonds is 8. The van der Waals surface area contributed by atoms with Gasteiger partial charge in [0.2, 0.25) is 0 Å². The average Bonchev–Trinajstić information content (AvgIpc) is 2.13. The number of hydrogen-bond donors (Lipinski definition) is 2. The molecule has 0 fully saturated rings. The van der Waals surface area contributed by atoms with Gasteiger partial charge in [-0.3, -0.25) is 9.11 Å². The van der Waals surface area contributed by atoms with Crippen LogP contribution < -0.4 is 0 Å². The maximum atomic E-state index is 10.6. The molecule has 0 aromatic rings. The van der Waals surface area contributed by atoms with Crippen LogP contribution in [0.5, 0.6) is 0 Å². The van der Waals surface area contributed by atoms with Gasteiger partial charge in [0.1, 0.15) is 0 Å². The van der Waals surface area contributed by atoms with Gasteiger partial charge in [0.15, 0.2) is 0 Å². The molecule has 104 valence electrons. The van der Waals surface area contributed by atoms with Crippen molar-refractivity contribution in [1.29, 1.82) is 0 Å². The molecule has 0 aliphatic heterocycles. The quantitative estimate of drug-likeness (QED) is 0.488. The van der Waals surface area contributed by atoms with Crippen molar-refractivity contribution in [2.45, 2.75) is 37.2 Å². The van der Waals surface area contributed by atoms with Crippen LogP contribution in [-0.4, -0.2) is 49.7 Å². The van der Waals surface area contributed by atoms with Gasteiger partial charge in [-0.25, -0.2) is 0 Å². The van der Waals surface area contributed by atoms with E-state index in [-0.39, 0.29) is 26.1 Å². The summed E-state index contributed by atoms with van der Waals surface area (Å²) in [7, 11) is -8.09. The summed E-state index contributed by atoms with van der Waals surface area (Å²) in [5.74, 6) is 0. The zero-order valence-electron chi connectivity index (χ0n) is 9.74. The monoisotopic (exact) mass is 290 g/mol. The molecular formula is C8H18O7S2. The maximum absolute atomic E-state index is 10.6. The highest BCUT2D eigenvalue weighted by Crippen LogP contribution is 2.05. The van der Waals surface area contributed by atoms with Gasteiger partial charge >= 0.3 is 0 Å². The molecule has 9 heteroatoms. The fraction of sp³-hybridized carbons (Fsp3) is 1.00. The molecule has 0 aliphatic carbocycles. The van der Waals surface area contributed by atoms with E-state index in [1.54, 1.807) is 0 Å². The van der Waals surface area contributed by atoms with E-state index in [9.17, 15) is 16.8 Å². The van der Waals surface area contributed by atoms with Gasteiger partial charge in [0, 0.05) is 13.2 Å². The second-order valence-corrected chi connectivity index (χ2v) is 7.51. The van der Waals surface area contributed by atoms with Gasteiger partial charge in [-0.2, -0.15) is 16.8 Å². The summed E-state index contributed by atoms with van der Waals surface area (Å²) in [6.07, 6.45) is 0.248. The Balaban J connectivity index is 3.75. The van der Waals surface area contributed by atoms with Crippen molar-refractivity contribution in [2.24, 2.45) is 0 Å². The van der Waals surface area contributed by atoms with Crippen LogP contribution in [0.15, 0.2) is 0 Å². The van der Waals surface area contributed by atoms with Gasteiger partial charge in [-0.15, -0.1) is 0 Å². The first-order valence-corrected chi connectivity index (χ1v) is 8.06. The Morgan fingerprint density at radius 3 is 1.41 bits per heavy atom. The molecule has 2 atom stereocenters. The van der Waals surface area contributed by atoms with Crippen molar-refractivity contribution in [3.8, 4) is 0 Å². The van der Waals surface area contributed by atoms with E-state index >= 15 is 0 Å². The molecule has 0 saturated heterocycles. The average molecular weight is 290 g/mol. The largest absolute Gasteiger partial charge is 0.381 e. The topological polar surface area (TPSA) is 118 Å². The second kappa shape index (κ2) is 6.64. The van der Waals surface area contributed by atoms with Gasteiger partial charge < -0.3 is 4.74 Å². The molecule has 2 unspecified atom stereocenters. The summed E-state index contributed by atoms with van der Waals surface area (Å²) in [4.78, 5) is 0. The Hall–Kier alpha value is -0.220. The summed E-state index contributed by atoms with van der Waals surface area (Å²) >= 11 is 0. The lowest BCUT2D eigenvalue weighted by molar-refractivity contribution is 0.128. The molecule has 0 saturated carbocycles. The molecule has 0 radical (unpaired) electrons. The Morgan fingerprint density at radius 2 is 1.18 bits per heavy atom. The van der Waals surface area contributed by atoms with Crippen LogP contribution >= 0.6 is 0 Å². The lowest BCUT2D eigenvalue weighted by Gasteiger charge is -2.10. The smallest absolute Gasteiger partial charge is 0.267 e. The Morgan fingerprint density at radius 1 is 0.882 bits per heavy atom. The van der Waals surface area contributed by atoms with E-state index in [0.29, 0.717) is 0 Å². The Bertz CT molecular complexity index is 371. The first-order valence-electron chi connectivity index (χ1n) is 5.05. The van der Waals surface area contributed by atoms with Crippen molar-refractivity contribution >= 4 is 20.2 Å². The van der Waals surface area contributed by atoms with E-state index in [0.717, 1.165) is 0 Å². The van der Waals surface area contributed by atoms with Gasteiger partial charge in [0.25, 0.3) is 20.2 Å². The maximum Gasteiger partial charge on any atom is 0.267 e. The van der Waals surface area contributed by atoms with Crippen molar-refractivity contribution in [3.05, 3.63) is 0 Å². The molecular weight excluding hydrogens is 272 g/mol. The fourth-order valence-corrected chi connectivity index (χ4v) is 1.69. The summed E-state index contributed by atoms with van der Waals surface area (Å²) in [5.41, 5.74) is 0. The summed E-state index contributed by atoms with van der Waals surface area (Å²) in [5, 5.41) is -1.83. The highest BCUT2D eigenvalue weighted by atomic mass is 32.2. The van der Waals surface area contributed by atoms with E-state index in [4.69, 9.17) is 13.8 Å². The lowest BCUT2D eigenvalue weighted by atomic mass is 10.3. The van der Waals surface area contributed by atoms with Crippen molar-refractivity contribution < 1.29 is 30.7 Å². The van der Waals surface area contributed by atoms with Crippen LogP contribution in [0.3, 0.4) is 0 Å². The molecule has 0 aromatic heterocycles. The van der Waals surface area contributed by atoms with Gasteiger partial charge in [-0.05, 0) is 26.7 Å². The minimum absolute atomic E-state index is 0.0964. The minimum Gasteiger partial charge on any atom is -0.381 e. The van der Waals surface area contributed by atoms with Gasteiger partial charge in [-0.1, -0.05) is 0 Å². The Labute approximate surface area is 102 Å². The Kier molecular flexibility index (Phi) is 6.56. The molecule has 0 bridgehead atoms. The van der Waals surface area contributed by atoms with Crippen molar-refractivity contribution in [2.75, 3.05) is 13.2 Å². The third-order valence-electron chi connectivity index (χ3n) is 2.35. The highest BCUT2D eigenvalue weighted by molar-refractivity contribution is 7.86. The van der Waals surface area contributed by atoms with E-state index in [1.165, 1.54) is 13.8 Å². The van der Waals surface area contributed by atoms with Crippen LogP contribution in [-0.2, 0) is 25.0 Å². The van der Waals surface area contributed by atoms with Crippen LogP contribution in [0, 0.1) is 0 Å². The summed E-state index contributed by atoms with van der Waals surface area (Å²) in [6, 6.07) is 0. The molecule has 0 aliphatic rings. The molecule has 0 amide bonds. The zero-order chi connectivity index (χ0) is 13.7. The molecule has 2 N–H and O–H groups in total. The summed E-state index contributed by atoms with van der Waals surface area (Å²) < 4.78 is 64.8. The molecule has 0 rings (SSSR count). The first kappa shape index (κ1) is 16.8. The van der Waals surface area contributed by atoms with E-state index < -0.39 is 30.7 Å². The minimum atomic E-state index is -4.05. The number of hydrogen-bond acceptors (Lipinski definition) is 5. The highest BCUT2D eigenvalue weighted by Gasteiger charge is 2.18. The molecule has 0 aromatic carbocycles. The molecule has 7 nitrogen and oxygen atoms in total. The van der Waals surface area contributed by atoms with Crippen LogP contribution in [0.4, 0.5) is 0 Å². The molecule has 0 heterocycles. The second-order valence-electron chi connectivity index (χ2n) is 3.84. The van der Waals surface area contributed by atoms with Crippen molar-refractivity contribution in [1.82, 2.24) is 0 Å². The van der Waals surface area contributed by atoms with E-state index in [1.807, 2.05) is 0 Å². The third-order valence-corrected chi connectivity index (χ3v) is 4.86. The predicted octanol–water partition coefficient (Wildman–Crippen LogP) is 0.336. The van der Waals surface area contributed by atoms with Crippen LogP contribution in [0.1, 0.15) is 26.7 Å². The SMILES string of the molecule is CC(CCOCCC(C)S(=O)(=O)O)S(=O)(=O)O. The third kappa shape index (κ3) is 7.66. The molecule has 17 heavy (non-hydrogen) atoms. The van der Waals surface area contributed by atoms with E-state index in [2.05, 4.69) is 0 Å². The lowest BCUT2D eigenvalue weighted by Crippen LogP contribution is -2.21. The number of ether oxygens (including phenoxy) is 1. The van der Waals surface area contributed by atoms with Crippen LogP contribution in [0.2, 0.25) is 0 Å².